The van der Waals surface area contributed by atoms with E-state index in [1.54, 1.807) is 35.6 Å². The average molecular weight is 453 g/mol. The first-order valence-electron chi connectivity index (χ1n) is 9.78. The van der Waals surface area contributed by atoms with Crippen LogP contribution in [0.2, 0.25) is 5.02 Å². The maximum Gasteiger partial charge on any atom is 0.246 e. The van der Waals surface area contributed by atoms with Crippen molar-refractivity contribution < 1.29 is 4.79 Å². The van der Waals surface area contributed by atoms with Gasteiger partial charge in [0, 0.05) is 29.7 Å². The topological polar surface area (TPSA) is 85.2 Å². The van der Waals surface area contributed by atoms with Crippen molar-refractivity contribution in [2.24, 2.45) is 0 Å². The molecule has 158 valence electrons. The highest BCUT2D eigenvalue weighted by atomic mass is 35.5. The third kappa shape index (κ3) is 4.54. The van der Waals surface area contributed by atoms with Crippen LogP contribution >= 0.6 is 22.9 Å². The summed E-state index contributed by atoms with van der Waals surface area (Å²) in [6.07, 6.45) is 5.82. The van der Waals surface area contributed by atoms with Crippen molar-refractivity contribution in [2.75, 3.05) is 32.5 Å². The molecular formula is C22H21ClN6OS. The van der Waals surface area contributed by atoms with Crippen LogP contribution in [-0.4, -0.2) is 52.9 Å². The summed E-state index contributed by atoms with van der Waals surface area (Å²) < 4.78 is 0. The smallest absolute Gasteiger partial charge is 0.246 e. The number of aromatic nitrogens is 2. The molecule has 1 aromatic carbocycles. The van der Waals surface area contributed by atoms with Crippen LogP contribution in [0.3, 0.4) is 0 Å². The van der Waals surface area contributed by atoms with Crippen LogP contribution in [0.4, 0.5) is 11.5 Å². The van der Waals surface area contributed by atoms with Gasteiger partial charge in [0.25, 0.3) is 0 Å². The van der Waals surface area contributed by atoms with E-state index in [0.29, 0.717) is 29.5 Å². The molecule has 0 atom stereocenters. The molecule has 4 rings (SSSR count). The molecule has 1 aliphatic rings. The van der Waals surface area contributed by atoms with Crippen LogP contribution in [0.25, 0.3) is 10.2 Å². The SMILES string of the molecule is CN(C)C/C=C/C(=O)N1CCc2c(sc3ncnc(Nc4ccc(C#N)c(Cl)c4)c23)C1. The van der Waals surface area contributed by atoms with Gasteiger partial charge in [-0.05, 0) is 44.3 Å². The largest absolute Gasteiger partial charge is 0.340 e. The molecule has 7 nitrogen and oxygen atoms in total. The lowest BCUT2D eigenvalue weighted by Crippen LogP contribution is -2.34. The van der Waals surface area contributed by atoms with Gasteiger partial charge in [-0.3, -0.25) is 4.79 Å². The number of nitrogens with one attached hydrogen (secondary N) is 1. The highest BCUT2D eigenvalue weighted by Crippen LogP contribution is 2.38. The van der Waals surface area contributed by atoms with E-state index >= 15 is 0 Å². The number of likely N-dealkylation sites (N-methyl/N-ethyl adjacent to an activating group) is 1. The van der Waals surface area contributed by atoms with Crippen LogP contribution in [0.1, 0.15) is 16.0 Å². The van der Waals surface area contributed by atoms with Crippen LogP contribution < -0.4 is 5.32 Å². The van der Waals surface area contributed by atoms with Crippen molar-refractivity contribution in [3.63, 3.8) is 0 Å². The summed E-state index contributed by atoms with van der Waals surface area (Å²) in [5, 5.41) is 13.8. The van der Waals surface area contributed by atoms with Crippen molar-refractivity contribution in [2.45, 2.75) is 13.0 Å². The van der Waals surface area contributed by atoms with Crippen LogP contribution in [0.15, 0.2) is 36.7 Å². The van der Waals surface area contributed by atoms with Gasteiger partial charge in [-0.2, -0.15) is 5.26 Å². The predicted molar refractivity (Wildman–Crippen MR) is 124 cm³/mol. The summed E-state index contributed by atoms with van der Waals surface area (Å²) in [4.78, 5) is 27.3. The van der Waals surface area contributed by atoms with Gasteiger partial charge in [-0.15, -0.1) is 11.3 Å². The molecule has 0 aliphatic carbocycles. The minimum atomic E-state index is 0.0293. The number of benzene rings is 1. The van der Waals surface area contributed by atoms with Gasteiger partial charge in [0.1, 0.15) is 23.0 Å². The number of rotatable bonds is 5. The van der Waals surface area contributed by atoms with Gasteiger partial charge in [-0.1, -0.05) is 17.7 Å². The third-order valence-corrected chi connectivity index (χ3v) is 6.47. The first-order chi connectivity index (χ1) is 15.0. The van der Waals surface area contributed by atoms with E-state index in [4.69, 9.17) is 16.9 Å². The monoisotopic (exact) mass is 452 g/mol. The number of nitrogens with zero attached hydrogens (tertiary/aromatic N) is 5. The number of amides is 1. The number of nitriles is 1. The Bertz CT molecular complexity index is 1210. The van der Waals surface area contributed by atoms with Crippen molar-refractivity contribution in [3.8, 4) is 6.07 Å². The van der Waals surface area contributed by atoms with Gasteiger partial charge in [0.2, 0.25) is 5.91 Å². The van der Waals surface area contributed by atoms with Crippen LogP contribution in [0, 0.1) is 11.3 Å². The second-order valence-electron chi connectivity index (χ2n) is 7.51. The molecule has 31 heavy (non-hydrogen) atoms. The maximum absolute atomic E-state index is 12.5. The highest BCUT2D eigenvalue weighted by molar-refractivity contribution is 7.19. The van der Waals surface area contributed by atoms with E-state index in [1.807, 2.05) is 30.0 Å². The zero-order valence-corrected chi connectivity index (χ0v) is 18.8. The fourth-order valence-corrected chi connectivity index (χ4v) is 4.93. The summed E-state index contributed by atoms with van der Waals surface area (Å²) >= 11 is 7.77. The molecule has 0 saturated heterocycles. The molecule has 1 aliphatic heterocycles. The first kappa shape index (κ1) is 21.2. The Morgan fingerprint density at radius 1 is 1.42 bits per heavy atom. The van der Waals surface area contributed by atoms with Crippen molar-refractivity contribution >= 4 is 50.6 Å². The number of halogens is 1. The Morgan fingerprint density at radius 2 is 2.26 bits per heavy atom. The fraction of sp³-hybridized carbons (Fsp3) is 0.273. The number of carbonyl (C=O) groups is 1. The fourth-order valence-electron chi connectivity index (χ4n) is 3.50. The second-order valence-corrected chi connectivity index (χ2v) is 9.00. The summed E-state index contributed by atoms with van der Waals surface area (Å²) in [6, 6.07) is 7.26. The number of hydrogen-bond donors (Lipinski definition) is 1. The molecule has 0 fully saturated rings. The lowest BCUT2D eigenvalue weighted by atomic mass is 10.0. The van der Waals surface area contributed by atoms with Crippen LogP contribution in [-0.2, 0) is 17.8 Å². The molecule has 3 heterocycles. The Hall–Kier alpha value is -2.99. The van der Waals surface area contributed by atoms with Crippen molar-refractivity contribution in [1.82, 2.24) is 19.8 Å². The number of fused-ring (bicyclic) bond motifs is 3. The standard InChI is InChI=1S/C22H21ClN6OS/c1-28(2)8-3-4-19(30)29-9-7-16-18(12-29)31-22-20(16)21(25-13-26-22)27-15-6-5-14(11-24)17(23)10-15/h3-6,10,13H,7-9,12H2,1-2H3,(H,25,26,27)/b4-3+. The highest BCUT2D eigenvalue weighted by Gasteiger charge is 2.25. The van der Waals surface area contributed by atoms with Crippen molar-refractivity contribution in [1.29, 1.82) is 5.26 Å². The zero-order chi connectivity index (χ0) is 22.0. The summed E-state index contributed by atoms with van der Waals surface area (Å²) in [7, 11) is 3.94. The van der Waals surface area contributed by atoms with Gasteiger partial charge in [0.05, 0.1) is 22.5 Å². The van der Waals surface area contributed by atoms with Crippen LogP contribution in [0.5, 0.6) is 0 Å². The van der Waals surface area contributed by atoms with E-state index in [0.717, 1.165) is 33.7 Å². The first-order valence-corrected chi connectivity index (χ1v) is 11.0. The number of thiophene rings is 1. The van der Waals surface area contributed by atoms with Gasteiger partial charge < -0.3 is 15.1 Å². The summed E-state index contributed by atoms with van der Waals surface area (Å²) in [6.45, 7) is 1.96. The molecule has 3 aromatic rings. The Morgan fingerprint density at radius 3 is 3.00 bits per heavy atom. The Kier molecular flexibility index (Phi) is 6.18. The molecule has 1 amide bonds. The minimum absolute atomic E-state index is 0.0293. The summed E-state index contributed by atoms with van der Waals surface area (Å²) in [5.74, 6) is 0.732. The normalized spacial score (nSPS) is 13.6. The maximum atomic E-state index is 12.5. The van der Waals surface area contributed by atoms with E-state index in [2.05, 4.69) is 21.4 Å². The number of hydrogen-bond acceptors (Lipinski definition) is 7. The van der Waals surface area contributed by atoms with E-state index in [9.17, 15) is 4.79 Å². The van der Waals surface area contributed by atoms with E-state index in [-0.39, 0.29) is 5.91 Å². The molecule has 9 heteroatoms. The Labute approximate surface area is 189 Å². The quantitative estimate of drug-likeness (QED) is 0.590. The molecule has 0 bridgehead atoms. The van der Waals surface area contributed by atoms with Gasteiger partial charge >= 0.3 is 0 Å². The van der Waals surface area contributed by atoms with E-state index < -0.39 is 0 Å². The Balaban J connectivity index is 1.59. The number of carbonyl (C=O) groups excluding carboxylic acids is 1. The molecular weight excluding hydrogens is 432 g/mol. The van der Waals surface area contributed by atoms with Crippen molar-refractivity contribution in [3.05, 3.63) is 57.7 Å². The summed E-state index contributed by atoms with van der Waals surface area (Å²) in [5.41, 5.74) is 2.36. The molecule has 0 unspecified atom stereocenters. The molecule has 0 saturated carbocycles. The molecule has 2 aromatic heterocycles. The predicted octanol–water partition coefficient (Wildman–Crippen LogP) is 3.96. The van der Waals surface area contributed by atoms with E-state index in [1.165, 1.54) is 11.9 Å². The third-order valence-electron chi connectivity index (χ3n) is 5.03. The molecule has 0 spiro atoms. The second kappa shape index (κ2) is 9.02. The lowest BCUT2D eigenvalue weighted by Gasteiger charge is -2.26. The molecule has 1 N–H and O–H groups in total. The lowest BCUT2D eigenvalue weighted by molar-refractivity contribution is -0.126. The molecule has 0 radical (unpaired) electrons. The minimum Gasteiger partial charge on any atom is -0.340 e. The van der Waals surface area contributed by atoms with Gasteiger partial charge in [0.15, 0.2) is 0 Å². The number of anilines is 2. The van der Waals surface area contributed by atoms with Gasteiger partial charge in [-0.25, -0.2) is 9.97 Å². The zero-order valence-electron chi connectivity index (χ0n) is 17.2. The average Bonchev–Trinajstić information content (AvgIpc) is 3.12.